The van der Waals surface area contributed by atoms with Crippen LogP contribution in [0.25, 0.3) is 10.2 Å². The number of hydrogen-bond donors (Lipinski definition) is 1. The van der Waals surface area contributed by atoms with Crippen LogP contribution in [0.3, 0.4) is 0 Å². The molecular formula is C21H14Cl2N2OS. The van der Waals surface area contributed by atoms with Crippen LogP contribution in [0.5, 0.6) is 0 Å². The molecule has 0 aliphatic rings. The van der Waals surface area contributed by atoms with Crippen LogP contribution >= 0.6 is 34.5 Å². The molecule has 1 heterocycles. The van der Waals surface area contributed by atoms with Crippen molar-refractivity contribution in [2.45, 2.75) is 6.42 Å². The van der Waals surface area contributed by atoms with Gasteiger partial charge in [0.25, 0.3) is 5.91 Å². The van der Waals surface area contributed by atoms with Crippen LogP contribution in [0.15, 0.2) is 66.7 Å². The molecule has 3 nitrogen and oxygen atoms in total. The molecule has 4 rings (SSSR count). The standard InChI is InChI=1S/C21H14Cl2N2OS/c22-16-10-7-14(12-17(16)23)21(26)24-15-8-5-13(6-9-15)11-20-25-18-3-1-2-4-19(18)27-20/h1-10,12H,11H2,(H,24,26). The number of thiazole rings is 1. The molecule has 4 aromatic rings. The Balaban J connectivity index is 1.45. The molecule has 0 saturated heterocycles. The van der Waals surface area contributed by atoms with E-state index in [-0.39, 0.29) is 5.91 Å². The van der Waals surface area contributed by atoms with Gasteiger partial charge in [-0.1, -0.05) is 47.5 Å². The third-order valence-corrected chi connectivity index (χ3v) is 5.86. The third-order valence-electron chi connectivity index (χ3n) is 4.09. The number of para-hydroxylation sites is 1. The van der Waals surface area contributed by atoms with E-state index in [1.54, 1.807) is 29.5 Å². The Morgan fingerprint density at radius 1 is 0.963 bits per heavy atom. The van der Waals surface area contributed by atoms with Gasteiger partial charge in [-0.2, -0.15) is 0 Å². The fourth-order valence-corrected chi connectivity index (χ4v) is 4.02. The normalized spacial score (nSPS) is 10.9. The van der Waals surface area contributed by atoms with E-state index in [0.717, 1.165) is 28.2 Å². The molecule has 1 N–H and O–H groups in total. The van der Waals surface area contributed by atoms with Gasteiger partial charge in [0.1, 0.15) is 0 Å². The number of aromatic nitrogens is 1. The molecule has 0 unspecified atom stereocenters. The van der Waals surface area contributed by atoms with Crippen molar-refractivity contribution < 1.29 is 4.79 Å². The van der Waals surface area contributed by atoms with Crippen LogP contribution in [-0.4, -0.2) is 10.9 Å². The minimum absolute atomic E-state index is 0.229. The van der Waals surface area contributed by atoms with Gasteiger partial charge in [0.2, 0.25) is 0 Å². The Hall–Kier alpha value is -2.40. The zero-order chi connectivity index (χ0) is 18.8. The Morgan fingerprint density at radius 3 is 2.48 bits per heavy atom. The Morgan fingerprint density at radius 2 is 1.74 bits per heavy atom. The van der Waals surface area contributed by atoms with Gasteiger partial charge in [0.05, 0.1) is 25.3 Å². The average molecular weight is 413 g/mol. The monoisotopic (exact) mass is 412 g/mol. The molecule has 0 aliphatic carbocycles. The van der Waals surface area contributed by atoms with E-state index in [9.17, 15) is 4.79 Å². The van der Waals surface area contributed by atoms with E-state index >= 15 is 0 Å². The van der Waals surface area contributed by atoms with Gasteiger partial charge in [0.15, 0.2) is 0 Å². The SMILES string of the molecule is O=C(Nc1ccc(Cc2nc3ccccc3s2)cc1)c1ccc(Cl)c(Cl)c1. The number of nitrogens with one attached hydrogen (secondary N) is 1. The highest BCUT2D eigenvalue weighted by atomic mass is 35.5. The molecule has 1 aromatic heterocycles. The number of amides is 1. The highest BCUT2D eigenvalue weighted by Crippen LogP contribution is 2.25. The summed E-state index contributed by atoms with van der Waals surface area (Å²) in [7, 11) is 0. The maximum absolute atomic E-state index is 12.3. The Labute approximate surface area is 170 Å². The molecule has 1 amide bonds. The number of nitrogens with zero attached hydrogens (tertiary/aromatic N) is 1. The van der Waals surface area contributed by atoms with Gasteiger partial charge in [0, 0.05) is 17.7 Å². The third kappa shape index (κ3) is 4.14. The predicted molar refractivity (Wildman–Crippen MR) is 113 cm³/mol. The van der Waals surface area contributed by atoms with Crippen molar-refractivity contribution in [2.24, 2.45) is 0 Å². The fraction of sp³-hybridized carbons (Fsp3) is 0.0476. The van der Waals surface area contributed by atoms with Gasteiger partial charge in [-0.15, -0.1) is 11.3 Å². The maximum Gasteiger partial charge on any atom is 0.255 e. The molecule has 27 heavy (non-hydrogen) atoms. The summed E-state index contributed by atoms with van der Waals surface area (Å²) < 4.78 is 1.19. The van der Waals surface area contributed by atoms with E-state index in [1.165, 1.54) is 4.70 Å². The van der Waals surface area contributed by atoms with Crippen LogP contribution in [0.4, 0.5) is 5.69 Å². The first-order chi connectivity index (χ1) is 13.1. The Kier molecular flexibility index (Phi) is 5.12. The Bertz CT molecular complexity index is 1090. The number of benzene rings is 3. The van der Waals surface area contributed by atoms with E-state index in [4.69, 9.17) is 23.2 Å². The zero-order valence-electron chi connectivity index (χ0n) is 14.1. The molecule has 0 fully saturated rings. The smallest absolute Gasteiger partial charge is 0.255 e. The van der Waals surface area contributed by atoms with Crippen molar-refractivity contribution in [2.75, 3.05) is 5.32 Å². The highest BCUT2D eigenvalue weighted by Gasteiger charge is 2.09. The van der Waals surface area contributed by atoms with Crippen LogP contribution in [0.2, 0.25) is 10.0 Å². The van der Waals surface area contributed by atoms with Crippen molar-refractivity contribution >= 4 is 56.3 Å². The maximum atomic E-state index is 12.3. The summed E-state index contributed by atoms with van der Waals surface area (Å²) in [5.74, 6) is -0.229. The molecule has 0 atom stereocenters. The zero-order valence-corrected chi connectivity index (χ0v) is 16.4. The number of hydrogen-bond acceptors (Lipinski definition) is 3. The lowest BCUT2D eigenvalue weighted by Crippen LogP contribution is -2.11. The van der Waals surface area contributed by atoms with Crippen molar-refractivity contribution in [3.63, 3.8) is 0 Å². The number of carbonyl (C=O) groups excluding carboxylic acids is 1. The molecule has 0 spiro atoms. The van der Waals surface area contributed by atoms with Crippen LogP contribution in [-0.2, 0) is 6.42 Å². The largest absolute Gasteiger partial charge is 0.322 e. The second-order valence-electron chi connectivity index (χ2n) is 6.03. The second-order valence-corrected chi connectivity index (χ2v) is 7.96. The molecule has 0 radical (unpaired) electrons. The molecular weight excluding hydrogens is 399 g/mol. The van der Waals surface area contributed by atoms with E-state index < -0.39 is 0 Å². The van der Waals surface area contributed by atoms with Gasteiger partial charge < -0.3 is 5.32 Å². The first-order valence-corrected chi connectivity index (χ1v) is 9.85. The molecule has 0 saturated carbocycles. The lowest BCUT2D eigenvalue weighted by Gasteiger charge is -2.07. The van der Waals surface area contributed by atoms with Crippen molar-refractivity contribution in [1.82, 2.24) is 4.98 Å². The minimum atomic E-state index is -0.229. The number of carbonyl (C=O) groups is 1. The van der Waals surface area contributed by atoms with Crippen LogP contribution < -0.4 is 5.32 Å². The summed E-state index contributed by atoms with van der Waals surface area (Å²) in [5.41, 5.74) is 3.35. The first-order valence-electron chi connectivity index (χ1n) is 8.28. The van der Waals surface area contributed by atoms with E-state index in [1.807, 2.05) is 42.5 Å². The number of rotatable bonds is 4. The number of fused-ring (bicyclic) bond motifs is 1. The summed E-state index contributed by atoms with van der Waals surface area (Å²) in [6.45, 7) is 0. The number of anilines is 1. The van der Waals surface area contributed by atoms with Crippen LogP contribution in [0.1, 0.15) is 20.9 Å². The molecule has 0 bridgehead atoms. The summed E-state index contributed by atoms with van der Waals surface area (Å²) in [4.78, 5) is 17.0. The van der Waals surface area contributed by atoms with Gasteiger partial charge in [-0.3, -0.25) is 4.79 Å². The highest BCUT2D eigenvalue weighted by molar-refractivity contribution is 7.18. The molecule has 0 aliphatic heterocycles. The fourth-order valence-electron chi connectivity index (χ4n) is 2.72. The predicted octanol–water partition coefficient (Wildman–Crippen LogP) is 6.45. The molecule has 134 valence electrons. The van der Waals surface area contributed by atoms with E-state index in [0.29, 0.717) is 15.6 Å². The quantitative estimate of drug-likeness (QED) is 0.418. The summed E-state index contributed by atoms with van der Waals surface area (Å²) in [6, 6.07) is 20.7. The minimum Gasteiger partial charge on any atom is -0.322 e. The van der Waals surface area contributed by atoms with Gasteiger partial charge >= 0.3 is 0 Å². The van der Waals surface area contributed by atoms with Gasteiger partial charge in [-0.25, -0.2) is 4.98 Å². The summed E-state index contributed by atoms with van der Waals surface area (Å²) in [6.07, 6.45) is 0.764. The second kappa shape index (κ2) is 7.69. The van der Waals surface area contributed by atoms with Crippen molar-refractivity contribution in [3.8, 4) is 0 Å². The molecule has 6 heteroatoms. The van der Waals surface area contributed by atoms with Crippen LogP contribution in [0, 0.1) is 0 Å². The molecule has 3 aromatic carbocycles. The summed E-state index contributed by atoms with van der Waals surface area (Å²) >= 11 is 13.6. The first kappa shape index (κ1) is 18.0. The van der Waals surface area contributed by atoms with Gasteiger partial charge in [-0.05, 0) is 48.0 Å². The van der Waals surface area contributed by atoms with Crippen molar-refractivity contribution in [3.05, 3.63) is 92.9 Å². The lowest BCUT2D eigenvalue weighted by molar-refractivity contribution is 0.102. The van der Waals surface area contributed by atoms with Crippen molar-refractivity contribution in [1.29, 1.82) is 0 Å². The average Bonchev–Trinajstić information content (AvgIpc) is 3.08. The summed E-state index contributed by atoms with van der Waals surface area (Å²) in [5, 5.41) is 4.72. The topological polar surface area (TPSA) is 42.0 Å². The lowest BCUT2D eigenvalue weighted by atomic mass is 10.1. The number of halogens is 2. The van der Waals surface area contributed by atoms with E-state index in [2.05, 4.69) is 16.4 Å².